The Morgan fingerprint density at radius 3 is 2.68 bits per heavy atom. The summed E-state index contributed by atoms with van der Waals surface area (Å²) >= 11 is 1.39. The number of rotatable bonds is 6. The summed E-state index contributed by atoms with van der Waals surface area (Å²) in [5, 5.41) is 18.6. The zero-order valence-corrected chi connectivity index (χ0v) is 14.5. The van der Waals surface area contributed by atoms with Crippen molar-refractivity contribution < 1.29 is 9.66 Å². The first-order chi connectivity index (χ1) is 12.1. The van der Waals surface area contributed by atoms with Crippen LogP contribution in [0.25, 0.3) is 11.4 Å². The summed E-state index contributed by atoms with van der Waals surface area (Å²) in [4.78, 5) is 15.0. The van der Waals surface area contributed by atoms with Crippen LogP contribution in [0, 0.1) is 17.0 Å². The van der Waals surface area contributed by atoms with Crippen LogP contribution in [-0.4, -0.2) is 27.2 Å². The van der Waals surface area contributed by atoms with Crippen molar-refractivity contribution in [2.45, 2.75) is 17.8 Å². The molecule has 25 heavy (non-hydrogen) atoms. The fourth-order valence-corrected chi connectivity index (χ4v) is 3.06. The van der Waals surface area contributed by atoms with Crippen LogP contribution in [0.3, 0.4) is 0 Å². The van der Waals surface area contributed by atoms with E-state index >= 15 is 0 Å². The van der Waals surface area contributed by atoms with Gasteiger partial charge < -0.3 is 4.74 Å². The number of aromatic nitrogens is 3. The summed E-state index contributed by atoms with van der Waals surface area (Å²) in [6.07, 6.45) is 0. The molecule has 3 aromatic rings. The van der Waals surface area contributed by atoms with Crippen LogP contribution < -0.4 is 4.74 Å². The number of hydrogen-bond acceptors (Lipinski definition) is 6. The first kappa shape index (κ1) is 17.0. The molecule has 0 radical (unpaired) electrons. The van der Waals surface area contributed by atoms with E-state index in [4.69, 9.17) is 4.74 Å². The highest BCUT2D eigenvalue weighted by Gasteiger charge is 2.13. The van der Waals surface area contributed by atoms with Crippen molar-refractivity contribution in [1.82, 2.24) is 15.2 Å². The molecule has 3 rings (SSSR count). The first-order valence-electron chi connectivity index (χ1n) is 7.50. The fraction of sp³-hybridized carbons (Fsp3) is 0.176. The molecule has 7 nitrogen and oxygen atoms in total. The Morgan fingerprint density at radius 2 is 2.00 bits per heavy atom. The van der Waals surface area contributed by atoms with Crippen LogP contribution in [0.4, 0.5) is 5.69 Å². The average Bonchev–Trinajstić information content (AvgIpc) is 3.09. The van der Waals surface area contributed by atoms with Gasteiger partial charge in [-0.25, -0.2) is 4.98 Å². The summed E-state index contributed by atoms with van der Waals surface area (Å²) in [7, 11) is 1.54. The van der Waals surface area contributed by atoms with Crippen molar-refractivity contribution in [2.24, 2.45) is 0 Å². The molecule has 0 atom stereocenters. The van der Waals surface area contributed by atoms with Gasteiger partial charge in [0.05, 0.1) is 12.0 Å². The minimum absolute atomic E-state index is 0.0340. The van der Waals surface area contributed by atoms with E-state index in [9.17, 15) is 10.1 Å². The number of thioether (sulfide) groups is 1. The van der Waals surface area contributed by atoms with Gasteiger partial charge in [0, 0.05) is 29.0 Å². The summed E-state index contributed by atoms with van der Waals surface area (Å²) in [6.45, 7) is 2.03. The molecule has 128 valence electrons. The number of nitrogens with zero attached hydrogens (tertiary/aromatic N) is 3. The van der Waals surface area contributed by atoms with Gasteiger partial charge in [-0.1, -0.05) is 41.6 Å². The first-order valence-corrected chi connectivity index (χ1v) is 8.49. The number of ether oxygens (including phenoxy) is 1. The molecule has 0 saturated heterocycles. The highest BCUT2D eigenvalue weighted by atomic mass is 32.2. The van der Waals surface area contributed by atoms with Crippen LogP contribution in [0.5, 0.6) is 5.75 Å². The number of nitro benzene ring substituents is 1. The van der Waals surface area contributed by atoms with E-state index in [2.05, 4.69) is 15.2 Å². The third-order valence-corrected chi connectivity index (χ3v) is 4.52. The van der Waals surface area contributed by atoms with Crippen molar-refractivity contribution in [2.75, 3.05) is 7.11 Å². The van der Waals surface area contributed by atoms with Crippen LogP contribution in [0.15, 0.2) is 47.6 Å². The number of benzene rings is 2. The van der Waals surface area contributed by atoms with Gasteiger partial charge in [0.15, 0.2) is 5.82 Å². The maximum absolute atomic E-state index is 10.9. The molecule has 0 unspecified atom stereocenters. The molecule has 0 fully saturated rings. The molecule has 1 aromatic heterocycles. The zero-order valence-electron chi connectivity index (χ0n) is 13.7. The minimum atomic E-state index is -0.421. The lowest BCUT2D eigenvalue weighted by atomic mass is 10.1. The lowest BCUT2D eigenvalue weighted by Gasteiger charge is -2.06. The molecule has 0 aliphatic rings. The number of nitrogens with one attached hydrogen (secondary N) is 1. The Balaban J connectivity index is 1.75. The van der Waals surface area contributed by atoms with Gasteiger partial charge >= 0.3 is 0 Å². The Morgan fingerprint density at radius 1 is 1.24 bits per heavy atom. The van der Waals surface area contributed by atoms with E-state index in [1.165, 1.54) is 36.6 Å². The van der Waals surface area contributed by atoms with E-state index in [0.717, 1.165) is 11.1 Å². The summed E-state index contributed by atoms with van der Waals surface area (Å²) in [6, 6.07) is 12.5. The number of nitro groups is 1. The molecule has 0 bridgehead atoms. The minimum Gasteiger partial charge on any atom is -0.496 e. The lowest BCUT2D eigenvalue weighted by Crippen LogP contribution is -1.94. The molecule has 1 heterocycles. The van der Waals surface area contributed by atoms with Crippen molar-refractivity contribution >= 4 is 17.4 Å². The molecule has 8 heteroatoms. The third-order valence-electron chi connectivity index (χ3n) is 3.62. The number of non-ortho nitro benzene ring substituents is 1. The molecule has 0 amide bonds. The van der Waals surface area contributed by atoms with E-state index in [0.29, 0.717) is 22.5 Å². The highest BCUT2D eigenvalue weighted by Crippen LogP contribution is 2.30. The van der Waals surface area contributed by atoms with Crippen molar-refractivity contribution in [1.29, 1.82) is 0 Å². The third kappa shape index (κ3) is 3.97. The van der Waals surface area contributed by atoms with Gasteiger partial charge in [-0.2, -0.15) is 0 Å². The number of aromatic amines is 1. The number of methoxy groups -OCH3 is 1. The smallest absolute Gasteiger partial charge is 0.270 e. The molecular formula is C17H16N4O3S. The van der Waals surface area contributed by atoms with E-state index in [1.807, 2.05) is 31.2 Å². The number of aryl methyl sites for hydroxylation is 1. The van der Waals surface area contributed by atoms with Crippen LogP contribution in [-0.2, 0) is 5.75 Å². The summed E-state index contributed by atoms with van der Waals surface area (Å²) in [5.41, 5.74) is 2.89. The molecule has 1 N–H and O–H groups in total. The van der Waals surface area contributed by atoms with Crippen LogP contribution >= 0.6 is 11.8 Å². The Bertz CT molecular complexity index is 893. The quantitative estimate of drug-likeness (QED) is 0.408. The standard InChI is InChI=1S/C17H16N4O3S/c1-11-3-5-12(6-4-11)16-18-17(20-19-16)25-10-13-9-14(21(22)23)7-8-15(13)24-2/h3-9H,10H2,1-2H3,(H,18,19,20). The zero-order chi connectivity index (χ0) is 17.8. The van der Waals surface area contributed by atoms with Gasteiger partial charge in [0.2, 0.25) is 5.16 Å². The highest BCUT2D eigenvalue weighted by molar-refractivity contribution is 7.98. The van der Waals surface area contributed by atoms with Crippen LogP contribution in [0.2, 0.25) is 0 Å². The van der Waals surface area contributed by atoms with E-state index in [-0.39, 0.29) is 5.69 Å². The topological polar surface area (TPSA) is 93.9 Å². The van der Waals surface area contributed by atoms with Gasteiger partial charge in [-0.15, -0.1) is 5.10 Å². The summed E-state index contributed by atoms with van der Waals surface area (Å²) < 4.78 is 5.27. The average molecular weight is 356 g/mol. The van der Waals surface area contributed by atoms with E-state index in [1.54, 1.807) is 6.07 Å². The maximum Gasteiger partial charge on any atom is 0.270 e. The second-order valence-corrected chi connectivity index (χ2v) is 6.32. The van der Waals surface area contributed by atoms with Gasteiger partial charge in [0.1, 0.15) is 5.75 Å². The van der Waals surface area contributed by atoms with Crippen molar-refractivity contribution in [3.8, 4) is 17.1 Å². The van der Waals surface area contributed by atoms with Gasteiger partial charge in [-0.3, -0.25) is 15.2 Å². The molecule has 0 aliphatic carbocycles. The van der Waals surface area contributed by atoms with Crippen molar-refractivity contribution in [3.63, 3.8) is 0 Å². The normalized spacial score (nSPS) is 10.6. The van der Waals surface area contributed by atoms with Gasteiger partial charge in [0.25, 0.3) is 5.69 Å². The lowest BCUT2D eigenvalue weighted by molar-refractivity contribution is -0.384. The second-order valence-electron chi connectivity index (χ2n) is 5.37. The predicted octanol–water partition coefficient (Wildman–Crippen LogP) is 3.99. The Hall–Kier alpha value is -2.87. The Kier molecular flexibility index (Phi) is 4.99. The summed E-state index contributed by atoms with van der Waals surface area (Å²) in [5.74, 6) is 1.76. The Labute approximate surface area is 148 Å². The number of H-pyrrole nitrogens is 1. The SMILES string of the molecule is COc1ccc([N+](=O)[O-])cc1CSc1n[nH]c(-c2ccc(C)cc2)n1. The maximum atomic E-state index is 10.9. The number of hydrogen-bond donors (Lipinski definition) is 1. The second kappa shape index (κ2) is 7.35. The van der Waals surface area contributed by atoms with Crippen molar-refractivity contribution in [3.05, 3.63) is 63.7 Å². The van der Waals surface area contributed by atoms with E-state index < -0.39 is 4.92 Å². The predicted molar refractivity (Wildman–Crippen MR) is 95.8 cm³/mol. The molecular weight excluding hydrogens is 340 g/mol. The molecule has 2 aromatic carbocycles. The molecule has 0 saturated carbocycles. The van der Waals surface area contributed by atoms with Crippen LogP contribution in [0.1, 0.15) is 11.1 Å². The monoisotopic (exact) mass is 356 g/mol. The largest absolute Gasteiger partial charge is 0.496 e. The molecule has 0 spiro atoms. The molecule has 0 aliphatic heterocycles. The van der Waals surface area contributed by atoms with Gasteiger partial charge in [-0.05, 0) is 13.0 Å². The fourth-order valence-electron chi connectivity index (χ4n) is 2.29.